The van der Waals surface area contributed by atoms with Gasteiger partial charge in [-0.2, -0.15) is 0 Å². The van der Waals surface area contributed by atoms with Crippen molar-refractivity contribution >= 4 is 11.9 Å². The summed E-state index contributed by atoms with van der Waals surface area (Å²) in [6.07, 6.45) is 3.42. The average molecular weight is 257 g/mol. The van der Waals surface area contributed by atoms with Crippen molar-refractivity contribution in [2.24, 2.45) is 11.8 Å². The largest absolute Gasteiger partial charge is 0.481 e. The molecule has 1 amide bonds. The number of carboxylic acids is 1. The average Bonchev–Trinajstić information content (AvgIpc) is 3.06. The Morgan fingerprint density at radius 1 is 1.22 bits per heavy atom. The number of nitrogens with one attached hydrogen (secondary N) is 1. The van der Waals surface area contributed by atoms with Gasteiger partial charge < -0.3 is 15.5 Å². The maximum absolute atomic E-state index is 11.7. The van der Waals surface area contributed by atoms with E-state index in [1.54, 1.807) is 0 Å². The third-order valence-electron chi connectivity index (χ3n) is 3.47. The molecule has 5 nitrogen and oxygen atoms in total. The molecule has 0 aromatic rings. The number of aliphatic hydroxyl groups is 1. The molecular formula is C13H23NO4. The predicted octanol–water partition coefficient (Wildman–Crippen LogP) is 1.15. The molecule has 0 aromatic carbocycles. The first kappa shape index (κ1) is 15.0. The highest BCUT2D eigenvalue weighted by molar-refractivity contribution is 5.89. The fourth-order valence-corrected chi connectivity index (χ4v) is 2.37. The summed E-state index contributed by atoms with van der Waals surface area (Å²) in [5.41, 5.74) is -0.854. The van der Waals surface area contributed by atoms with E-state index in [-0.39, 0.29) is 12.5 Å². The Hall–Kier alpha value is -1.10. The van der Waals surface area contributed by atoms with Crippen LogP contribution in [0.4, 0.5) is 0 Å². The lowest BCUT2D eigenvalue weighted by molar-refractivity contribution is -0.140. The van der Waals surface area contributed by atoms with E-state index in [2.05, 4.69) is 5.32 Å². The van der Waals surface area contributed by atoms with Gasteiger partial charge in [0.05, 0.1) is 17.4 Å². The summed E-state index contributed by atoms with van der Waals surface area (Å²) in [6, 6.07) is 0. The molecule has 1 saturated carbocycles. The number of aliphatic carboxylic acids is 1. The molecule has 0 bridgehead atoms. The number of hydrogen-bond donors (Lipinski definition) is 3. The summed E-state index contributed by atoms with van der Waals surface area (Å²) in [7, 11) is 0. The third-order valence-corrected chi connectivity index (χ3v) is 3.47. The Bertz CT molecular complexity index is 310. The molecule has 2 atom stereocenters. The second kappa shape index (κ2) is 6.18. The molecular weight excluding hydrogens is 234 g/mol. The molecule has 1 aliphatic rings. The van der Waals surface area contributed by atoms with Crippen LogP contribution in [-0.4, -0.2) is 34.2 Å². The number of carbonyl (C=O) groups excluding carboxylic acids is 1. The lowest BCUT2D eigenvalue weighted by atomic mass is 9.92. The summed E-state index contributed by atoms with van der Waals surface area (Å²) in [5, 5.41) is 21.7. The Labute approximate surface area is 108 Å². The van der Waals surface area contributed by atoms with Crippen LogP contribution in [0.1, 0.15) is 46.0 Å². The van der Waals surface area contributed by atoms with Crippen molar-refractivity contribution in [1.29, 1.82) is 0 Å². The minimum absolute atomic E-state index is 0.219. The fourth-order valence-electron chi connectivity index (χ4n) is 2.37. The van der Waals surface area contributed by atoms with Gasteiger partial charge in [0.15, 0.2) is 0 Å². The Balaban J connectivity index is 2.39. The van der Waals surface area contributed by atoms with Crippen LogP contribution in [0.25, 0.3) is 0 Å². The van der Waals surface area contributed by atoms with Crippen LogP contribution in [0.3, 0.4) is 0 Å². The van der Waals surface area contributed by atoms with E-state index in [9.17, 15) is 14.7 Å². The molecule has 0 aromatic heterocycles. The van der Waals surface area contributed by atoms with Gasteiger partial charge in [-0.25, -0.2) is 0 Å². The van der Waals surface area contributed by atoms with Crippen molar-refractivity contribution in [2.45, 2.75) is 51.6 Å². The summed E-state index contributed by atoms with van der Waals surface area (Å²) >= 11 is 0. The zero-order valence-corrected chi connectivity index (χ0v) is 11.1. The van der Waals surface area contributed by atoms with Gasteiger partial charge in [-0.1, -0.05) is 26.7 Å². The summed E-state index contributed by atoms with van der Waals surface area (Å²) in [5.74, 6) is -2.09. The molecule has 1 aliphatic carbocycles. The van der Waals surface area contributed by atoms with Crippen LogP contribution in [-0.2, 0) is 9.59 Å². The van der Waals surface area contributed by atoms with E-state index >= 15 is 0 Å². The van der Waals surface area contributed by atoms with Crippen LogP contribution >= 0.6 is 0 Å². The standard InChI is InChI=1S/C13H23NO4/c1-3-5-13(18,6-4-2)8-14-11(15)9-7-10(9)12(16)17/h9-10,18H,3-8H2,1-2H3,(H,14,15)(H,16,17). The van der Waals surface area contributed by atoms with Gasteiger partial charge in [-0.15, -0.1) is 0 Å². The smallest absolute Gasteiger partial charge is 0.307 e. The van der Waals surface area contributed by atoms with Crippen molar-refractivity contribution in [1.82, 2.24) is 5.32 Å². The minimum atomic E-state index is -0.910. The molecule has 5 heteroatoms. The summed E-state index contributed by atoms with van der Waals surface area (Å²) in [4.78, 5) is 22.3. The van der Waals surface area contributed by atoms with Gasteiger partial charge in [0, 0.05) is 6.54 Å². The van der Waals surface area contributed by atoms with Crippen LogP contribution in [0.2, 0.25) is 0 Å². The topological polar surface area (TPSA) is 86.6 Å². The predicted molar refractivity (Wildman–Crippen MR) is 67.0 cm³/mol. The normalized spacial score (nSPS) is 22.6. The van der Waals surface area contributed by atoms with Crippen molar-refractivity contribution in [2.75, 3.05) is 6.54 Å². The van der Waals surface area contributed by atoms with Crippen LogP contribution in [0.15, 0.2) is 0 Å². The SMILES string of the molecule is CCCC(O)(CCC)CNC(=O)C1CC1C(=O)O. The summed E-state index contributed by atoms with van der Waals surface area (Å²) in [6.45, 7) is 4.20. The lowest BCUT2D eigenvalue weighted by Gasteiger charge is -2.27. The lowest BCUT2D eigenvalue weighted by Crippen LogP contribution is -2.43. The Morgan fingerprint density at radius 2 is 1.78 bits per heavy atom. The van der Waals surface area contributed by atoms with Crippen LogP contribution in [0, 0.1) is 11.8 Å². The van der Waals surface area contributed by atoms with Crippen molar-refractivity contribution in [3.05, 3.63) is 0 Å². The molecule has 0 heterocycles. The van der Waals surface area contributed by atoms with E-state index in [0.29, 0.717) is 19.3 Å². The van der Waals surface area contributed by atoms with Crippen molar-refractivity contribution < 1.29 is 19.8 Å². The zero-order chi connectivity index (χ0) is 13.8. The molecule has 104 valence electrons. The van der Waals surface area contributed by atoms with Gasteiger partial charge in [-0.3, -0.25) is 9.59 Å². The molecule has 1 fully saturated rings. The number of amides is 1. The highest BCUT2D eigenvalue weighted by Gasteiger charge is 2.48. The monoisotopic (exact) mass is 257 g/mol. The highest BCUT2D eigenvalue weighted by atomic mass is 16.4. The first-order valence-electron chi connectivity index (χ1n) is 6.66. The fraction of sp³-hybridized carbons (Fsp3) is 0.846. The van der Waals surface area contributed by atoms with E-state index in [1.807, 2.05) is 13.8 Å². The quantitative estimate of drug-likeness (QED) is 0.609. The second-order valence-electron chi connectivity index (χ2n) is 5.23. The molecule has 2 unspecified atom stereocenters. The molecule has 0 aliphatic heterocycles. The molecule has 0 saturated heterocycles. The maximum atomic E-state index is 11.7. The minimum Gasteiger partial charge on any atom is -0.481 e. The van der Waals surface area contributed by atoms with Crippen molar-refractivity contribution in [3.63, 3.8) is 0 Å². The van der Waals surface area contributed by atoms with Crippen LogP contribution in [0.5, 0.6) is 0 Å². The number of carbonyl (C=O) groups is 2. The van der Waals surface area contributed by atoms with Gasteiger partial charge in [-0.05, 0) is 19.3 Å². The first-order valence-corrected chi connectivity index (χ1v) is 6.66. The second-order valence-corrected chi connectivity index (χ2v) is 5.23. The first-order chi connectivity index (χ1) is 8.43. The number of rotatable bonds is 8. The van der Waals surface area contributed by atoms with E-state index in [1.165, 1.54) is 0 Å². The van der Waals surface area contributed by atoms with E-state index < -0.39 is 23.4 Å². The van der Waals surface area contributed by atoms with Crippen molar-refractivity contribution in [3.8, 4) is 0 Å². The van der Waals surface area contributed by atoms with Gasteiger partial charge >= 0.3 is 5.97 Å². The molecule has 1 rings (SSSR count). The number of hydrogen-bond acceptors (Lipinski definition) is 3. The molecule has 3 N–H and O–H groups in total. The Kier molecular flexibility index (Phi) is 5.14. The van der Waals surface area contributed by atoms with E-state index in [4.69, 9.17) is 5.11 Å². The summed E-state index contributed by atoms with van der Waals surface area (Å²) < 4.78 is 0. The molecule has 18 heavy (non-hydrogen) atoms. The van der Waals surface area contributed by atoms with E-state index in [0.717, 1.165) is 12.8 Å². The Morgan fingerprint density at radius 3 is 2.17 bits per heavy atom. The number of carboxylic acid groups (broad SMARTS) is 1. The third kappa shape index (κ3) is 3.98. The van der Waals surface area contributed by atoms with Gasteiger partial charge in [0.2, 0.25) is 5.91 Å². The van der Waals surface area contributed by atoms with Gasteiger partial charge in [0.25, 0.3) is 0 Å². The molecule has 0 radical (unpaired) electrons. The maximum Gasteiger partial charge on any atom is 0.307 e. The zero-order valence-electron chi connectivity index (χ0n) is 11.1. The van der Waals surface area contributed by atoms with Gasteiger partial charge in [0.1, 0.15) is 0 Å². The highest BCUT2D eigenvalue weighted by Crippen LogP contribution is 2.38. The van der Waals surface area contributed by atoms with Crippen LogP contribution < -0.4 is 5.32 Å². The molecule has 0 spiro atoms.